The van der Waals surface area contributed by atoms with E-state index in [0.29, 0.717) is 18.3 Å². The summed E-state index contributed by atoms with van der Waals surface area (Å²) in [5.41, 5.74) is -1.03. The van der Waals surface area contributed by atoms with Crippen molar-refractivity contribution in [3.63, 3.8) is 0 Å². The lowest BCUT2D eigenvalue weighted by Gasteiger charge is -2.24. The minimum Gasteiger partial charge on any atom is -0.327 e. The van der Waals surface area contributed by atoms with E-state index in [1.54, 1.807) is 24.3 Å². The number of aromatic nitrogens is 1. The van der Waals surface area contributed by atoms with E-state index in [-0.39, 0.29) is 5.56 Å². The molecule has 0 aliphatic carbocycles. The number of aromatic amines is 1. The second-order valence-corrected chi connectivity index (χ2v) is 6.44. The fourth-order valence-electron chi connectivity index (χ4n) is 2.59. The van der Waals surface area contributed by atoms with Gasteiger partial charge < -0.3 is 10.3 Å². The van der Waals surface area contributed by atoms with Crippen molar-refractivity contribution < 1.29 is 18.0 Å². The van der Waals surface area contributed by atoms with E-state index < -0.39 is 28.9 Å². The number of alkyl halides is 3. The van der Waals surface area contributed by atoms with Gasteiger partial charge in [-0.05, 0) is 44.2 Å². The lowest BCUT2D eigenvalue weighted by atomic mass is 10.1. The van der Waals surface area contributed by atoms with Gasteiger partial charge in [-0.2, -0.15) is 13.2 Å². The maximum Gasteiger partial charge on any atom is 0.417 e. The largest absolute Gasteiger partial charge is 0.417 e. The zero-order valence-electron chi connectivity index (χ0n) is 15.4. The first-order valence-corrected chi connectivity index (χ1v) is 8.56. The highest BCUT2D eigenvalue weighted by molar-refractivity contribution is 6.04. The second-order valence-electron chi connectivity index (χ2n) is 6.44. The standard InChI is InChI=1S/C19H22F3N3O2/c1-4-25(12(2)3)11-13-5-7-14(8-6-13)17(26)24-16-9-15(19(20,21)22)10-23-18(16)27/h5-10,12H,4,11H2,1-3H3,(H,23,27)(H,24,26). The first kappa shape index (κ1) is 20.7. The van der Waals surface area contributed by atoms with Gasteiger partial charge in [0, 0.05) is 24.3 Å². The zero-order valence-corrected chi connectivity index (χ0v) is 15.4. The Morgan fingerprint density at radius 2 is 1.85 bits per heavy atom. The minimum absolute atomic E-state index is 0.253. The minimum atomic E-state index is -4.62. The highest BCUT2D eigenvalue weighted by atomic mass is 19.4. The maximum absolute atomic E-state index is 12.8. The summed E-state index contributed by atoms with van der Waals surface area (Å²) in [5.74, 6) is -0.650. The first-order chi connectivity index (χ1) is 12.6. The molecular weight excluding hydrogens is 359 g/mol. The van der Waals surface area contributed by atoms with Crippen LogP contribution in [0.3, 0.4) is 0 Å². The summed E-state index contributed by atoms with van der Waals surface area (Å²) < 4.78 is 38.3. The number of carbonyl (C=O) groups excluding carboxylic acids is 1. The van der Waals surface area contributed by atoms with Crippen molar-refractivity contribution in [3.8, 4) is 0 Å². The molecule has 0 aliphatic rings. The second kappa shape index (κ2) is 8.39. The number of H-pyrrole nitrogens is 1. The predicted octanol–water partition coefficient (Wildman–Crippen LogP) is 3.88. The summed E-state index contributed by atoms with van der Waals surface area (Å²) >= 11 is 0. The predicted molar refractivity (Wildman–Crippen MR) is 97.7 cm³/mol. The average Bonchev–Trinajstić information content (AvgIpc) is 2.60. The number of hydrogen-bond donors (Lipinski definition) is 2. The third-order valence-electron chi connectivity index (χ3n) is 4.22. The van der Waals surface area contributed by atoms with E-state index >= 15 is 0 Å². The summed E-state index contributed by atoms with van der Waals surface area (Å²) in [6.45, 7) is 7.87. The Hall–Kier alpha value is -2.61. The van der Waals surface area contributed by atoms with Gasteiger partial charge in [-0.25, -0.2) is 0 Å². The molecule has 8 heteroatoms. The topological polar surface area (TPSA) is 65.2 Å². The number of rotatable bonds is 6. The van der Waals surface area contributed by atoms with Gasteiger partial charge in [-0.15, -0.1) is 0 Å². The molecule has 0 spiro atoms. The van der Waals surface area contributed by atoms with Crippen molar-refractivity contribution in [2.24, 2.45) is 0 Å². The third kappa shape index (κ3) is 5.43. The normalized spacial score (nSPS) is 11.9. The van der Waals surface area contributed by atoms with Crippen LogP contribution >= 0.6 is 0 Å². The Bertz CT molecular complexity index is 843. The van der Waals surface area contributed by atoms with Crippen LogP contribution in [0.15, 0.2) is 41.3 Å². The van der Waals surface area contributed by atoms with E-state index in [1.165, 1.54) is 0 Å². The molecule has 0 atom stereocenters. The van der Waals surface area contributed by atoms with E-state index in [1.807, 2.05) is 4.98 Å². The molecule has 146 valence electrons. The number of nitrogens with one attached hydrogen (secondary N) is 2. The highest BCUT2D eigenvalue weighted by Crippen LogP contribution is 2.29. The van der Waals surface area contributed by atoms with Gasteiger partial charge in [0.25, 0.3) is 11.5 Å². The molecule has 0 fully saturated rings. The van der Waals surface area contributed by atoms with Crippen molar-refractivity contribution in [3.05, 3.63) is 63.6 Å². The lowest BCUT2D eigenvalue weighted by Crippen LogP contribution is -2.29. The Morgan fingerprint density at radius 1 is 1.22 bits per heavy atom. The monoisotopic (exact) mass is 381 g/mol. The van der Waals surface area contributed by atoms with Crippen LogP contribution < -0.4 is 10.9 Å². The van der Waals surface area contributed by atoms with Gasteiger partial charge >= 0.3 is 6.18 Å². The molecule has 27 heavy (non-hydrogen) atoms. The van der Waals surface area contributed by atoms with Crippen LogP contribution in [0.2, 0.25) is 0 Å². The van der Waals surface area contributed by atoms with Crippen LogP contribution in [0.4, 0.5) is 18.9 Å². The van der Waals surface area contributed by atoms with Gasteiger partial charge in [0.05, 0.1) is 5.56 Å². The zero-order chi connectivity index (χ0) is 20.2. The Balaban J connectivity index is 2.14. The highest BCUT2D eigenvalue weighted by Gasteiger charge is 2.31. The number of benzene rings is 1. The van der Waals surface area contributed by atoms with Gasteiger partial charge in [-0.1, -0.05) is 19.1 Å². The van der Waals surface area contributed by atoms with Crippen molar-refractivity contribution >= 4 is 11.6 Å². The molecule has 0 radical (unpaired) electrons. The van der Waals surface area contributed by atoms with E-state index in [2.05, 4.69) is 31.0 Å². The molecule has 1 amide bonds. The fraction of sp³-hybridized carbons (Fsp3) is 0.368. The van der Waals surface area contributed by atoms with Crippen LogP contribution in [-0.2, 0) is 12.7 Å². The summed E-state index contributed by atoms with van der Waals surface area (Å²) in [7, 11) is 0. The molecule has 2 N–H and O–H groups in total. The molecule has 2 rings (SSSR count). The SMILES string of the molecule is CCN(Cc1ccc(C(=O)Nc2cc(C(F)(F)F)c[nH]c2=O)cc1)C(C)C. The van der Waals surface area contributed by atoms with Gasteiger partial charge in [-0.3, -0.25) is 14.5 Å². The molecule has 1 heterocycles. The Kier molecular flexibility index (Phi) is 6.43. The number of amides is 1. The Morgan fingerprint density at radius 3 is 2.37 bits per heavy atom. The van der Waals surface area contributed by atoms with Crippen molar-refractivity contribution in [1.82, 2.24) is 9.88 Å². The summed E-state index contributed by atoms with van der Waals surface area (Å²) in [5, 5.41) is 2.24. The smallest absolute Gasteiger partial charge is 0.327 e. The molecule has 2 aromatic rings. The number of halogens is 3. The Labute approximate surface area is 155 Å². The molecular formula is C19H22F3N3O2. The van der Waals surface area contributed by atoms with Crippen LogP contribution in [0, 0.1) is 0 Å². The summed E-state index contributed by atoms with van der Waals surface area (Å²) in [6, 6.07) is 7.74. The van der Waals surface area contributed by atoms with Gasteiger partial charge in [0.15, 0.2) is 0 Å². The lowest BCUT2D eigenvalue weighted by molar-refractivity contribution is -0.137. The van der Waals surface area contributed by atoms with E-state index in [9.17, 15) is 22.8 Å². The van der Waals surface area contributed by atoms with Crippen molar-refractivity contribution in [1.29, 1.82) is 0 Å². The number of hydrogen-bond acceptors (Lipinski definition) is 3. The van der Waals surface area contributed by atoms with Gasteiger partial charge in [0.2, 0.25) is 0 Å². The van der Waals surface area contributed by atoms with Crippen LogP contribution in [-0.4, -0.2) is 28.4 Å². The molecule has 0 saturated heterocycles. The average molecular weight is 381 g/mol. The van der Waals surface area contributed by atoms with E-state index in [4.69, 9.17) is 0 Å². The molecule has 1 aromatic heterocycles. The molecule has 0 aliphatic heterocycles. The van der Waals surface area contributed by atoms with Crippen LogP contribution in [0.5, 0.6) is 0 Å². The number of nitrogens with zero attached hydrogens (tertiary/aromatic N) is 1. The first-order valence-electron chi connectivity index (χ1n) is 8.56. The third-order valence-corrected chi connectivity index (χ3v) is 4.22. The number of pyridine rings is 1. The number of anilines is 1. The number of carbonyl (C=O) groups is 1. The van der Waals surface area contributed by atoms with E-state index in [0.717, 1.165) is 18.7 Å². The fourth-order valence-corrected chi connectivity index (χ4v) is 2.59. The van der Waals surface area contributed by atoms with Crippen molar-refractivity contribution in [2.45, 2.75) is 39.5 Å². The maximum atomic E-state index is 12.8. The quantitative estimate of drug-likeness (QED) is 0.798. The summed E-state index contributed by atoms with van der Waals surface area (Å²) in [4.78, 5) is 28.2. The van der Waals surface area contributed by atoms with Crippen molar-refractivity contribution in [2.75, 3.05) is 11.9 Å². The van der Waals surface area contributed by atoms with Gasteiger partial charge in [0.1, 0.15) is 5.69 Å². The summed E-state index contributed by atoms with van der Waals surface area (Å²) in [6.07, 6.45) is -4.05. The molecule has 5 nitrogen and oxygen atoms in total. The molecule has 1 aromatic carbocycles. The van der Waals surface area contributed by atoms with Crippen LogP contribution in [0.1, 0.15) is 42.3 Å². The molecule has 0 unspecified atom stereocenters. The molecule has 0 saturated carbocycles. The molecule has 0 bridgehead atoms. The van der Waals surface area contributed by atoms with Crippen LogP contribution in [0.25, 0.3) is 0 Å².